The smallest absolute Gasteiger partial charge is 0.306 e. The van der Waals surface area contributed by atoms with Gasteiger partial charge in [-0.3, -0.25) is 9.59 Å². The third kappa shape index (κ3) is 3.45. The molecule has 0 spiro atoms. The van der Waals surface area contributed by atoms with Gasteiger partial charge < -0.3 is 14.7 Å². The summed E-state index contributed by atoms with van der Waals surface area (Å²) in [5.74, 6) is -0.858. The molecule has 5 heteroatoms. The lowest BCUT2D eigenvalue weighted by Crippen LogP contribution is -2.40. The van der Waals surface area contributed by atoms with E-state index in [0.717, 1.165) is 25.9 Å². The van der Waals surface area contributed by atoms with Crippen LogP contribution in [0.2, 0.25) is 0 Å². The Labute approximate surface area is 107 Å². The van der Waals surface area contributed by atoms with Gasteiger partial charge in [-0.15, -0.1) is 0 Å². The molecule has 0 aromatic rings. The molecule has 0 saturated carbocycles. The van der Waals surface area contributed by atoms with Crippen LogP contribution >= 0.6 is 0 Å². The number of aliphatic carboxylic acids is 1. The first-order valence-electron chi connectivity index (χ1n) is 6.79. The molecule has 0 aromatic heterocycles. The van der Waals surface area contributed by atoms with Gasteiger partial charge in [0.05, 0.1) is 12.0 Å². The monoisotopic (exact) mass is 255 g/mol. The highest BCUT2D eigenvalue weighted by atomic mass is 16.5. The number of nitrogens with zero attached hydrogens (tertiary/aromatic N) is 1. The van der Waals surface area contributed by atoms with E-state index < -0.39 is 5.97 Å². The molecule has 0 radical (unpaired) electrons. The van der Waals surface area contributed by atoms with Gasteiger partial charge in [-0.1, -0.05) is 0 Å². The van der Waals surface area contributed by atoms with Crippen LogP contribution in [0, 0.1) is 5.92 Å². The zero-order valence-corrected chi connectivity index (χ0v) is 10.6. The number of carbonyl (C=O) groups excluding carboxylic acids is 1. The Morgan fingerprint density at radius 3 is 2.50 bits per heavy atom. The van der Waals surface area contributed by atoms with E-state index in [9.17, 15) is 9.59 Å². The molecule has 2 aliphatic heterocycles. The van der Waals surface area contributed by atoms with Gasteiger partial charge in [-0.25, -0.2) is 0 Å². The van der Waals surface area contributed by atoms with Crippen molar-refractivity contribution in [2.75, 3.05) is 19.7 Å². The number of likely N-dealkylation sites (tertiary alicyclic amines) is 1. The van der Waals surface area contributed by atoms with Crippen LogP contribution < -0.4 is 0 Å². The number of carboxylic acid groups (broad SMARTS) is 1. The fraction of sp³-hybridized carbons (Fsp3) is 0.846. The van der Waals surface area contributed by atoms with E-state index >= 15 is 0 Å². The largest absolute Gasteiger partial charge is 0.481 e. The molecular formula is C13H21NO4. The van der Waals surface area contributed by atoms with Crippen molar-refractivity contribution in [3.05, 3.63) is 0 Å². The van der Waals surface area contributed by atoms with Crippen LogP contribution in [0.4, 0.5) is 0 Å². The number of hydrogen-bond acceptors (Lipinski definition) is 3. The number of hydrogen-bond donors (Lipinski definition) is 1. The molecule has 2 rings (SSSR count). The molecular weight excluding hydrogens is 234 g/mol. The first-order valence-corrected chi connectivity index (χ1v) is 6.79. The summed E-state index contributed by atoms with van der Waals surface area (Å²) in [5, 5.41) is 8.89. The maximum Gasteiger partial charge on any atom is 0.306 e. The Balaban J connectivity index is 1.68. The number of amides is 1. The van der Waals surface area contributed by atoms with Crippen LogP contribution in [0.5, 0.6) is 0 Å². The van der Waals surface area contributed by atoms with E-state index in [1.807, 2.05) is 0 Å². The van der Waals surface area contributed by atoms with E-state index in [4.69, 9.17) is 9.84 Å². The number of carbonyl (C=O) groups is 2. The summed E-state index contributed by atoms with van der Waals surface area (Å²) in [4.78, 5) is 24.6. The summed E-state index contributed by atoms with van der Waals surface area (Å²) in [7, 11) is 0. The van der Waals surface area contributed by atoms with Crippen molar-refractivity contribution in [1.29, 1.82) is 0 Å². The molecule has 1 amide bonds. The fourth-order valence-electron chi connectivity index (χ4n) is 2.69. The van der Waals surface area contributed by atoms with E-state index in [2.05, 4.69) is 0 Å². The summed E-state index contributed by atoms with van der Waals surface area (Å²) >= 11 is 0. The average Bonchev–Trinajstić information content (AvgIpc) is 2.89. The Kier molecular flexibility index (Phi) is 4.58. The molecule has 0 aromatic carbocycles. The van der Waals surface area contributed by atoms with Crippen LogP contribution in [0.15, 0.2) is 0 Å². The normalized spacial score (nSPS) is 25.3. The zero-order chi connectivity index (χ0) is 13.0. The first kappa shape index (κ1) is 13.3. The second-order valence-corrected chi connectivity index (χ2v) is 5.17. The summed E-state index contributed by atoms with van der Waals surface area (Å²) in [5.41, 5.74) is 0. The predicted octanol–water partition coefficient (Wildman–Crippen LogP) is 1.27. The van der Waals surface area contributed by atoms with Crippen molar-refractivity contribution in [3.8, 4) is 0 Å². The van der Waals surface area contributed by atoms with Crippen molar-refractivity contribution in [1.82, 2.24) is 4.90 Å². The average molecular weight is 255 g/mol. The molecule has 0 bridgehead atoms. The lowest BCUT2D eigenvalue weighted by atomic mass is 9.97. The van der Waals surface area contributed by atoms with Crippen LogP contribution in [-0.2, 0) is 14.3 Å². The van der Waals surface area contributed by atoms with Crippen LogP contribution in [0.1, 0.15) is 38.5 Å². The van der Waals surface area contributed by atoms with E-state index in [-0.39, 0.29) is 17.9 Å². The highest BCUT2D eigenvalue weighted by molar-refractivity contribution is 5.77. The van der Waals surface area contributed by atoms with Crippen molar-refractivity contribution in [3.63, 3.8) is 0 Å². The summed E-state index contributed by atoms with van der Waals surface area (Å²) in [6.45, 7) is 1.99. The van der Waals surface area contributed by atoms with Crippen molar-refractivity contribution in [2.45, 2.75) is 44.6 Å². The number of piperidine rings is 1. The number of rotatable bonds is 4. The standard InChI is InChI=1S/C13H21NO4/c15-12(4-3-11-2-1-9-18-11)14-7-5-10(6-8-14)13(16)17/h10-11H,1-9H2,(H,16,17). The first-order chi connectivity index (χ1) is 8.66. The summed E-state index contributed by atoms with van der Waals surface area (Å²) < 4.78 is 5.49. The SMILES string of the molecule is O=C(O)C1CCN(C(=O)CCC2CCCO2)CC1. The predicted molar refractivity (Wildman–Crippen MR) is 65.1 cm³/mol. The molecule has 2 heterocycles. The lowest BCUT2D eigenvalue weighted by Gasteiger charge is -2.30. The highest BCUT2D eigenvalue weighted by Gasteiger charge is 2.27. The molecule has 1 atom stereocenters. The molecule has 1 N–H and O–H groups in total. The third-order valence-corrected chi connectivity index (χ3v) is 3.90. The number of carboxylic acids is 1. The minimum atomic E-state index is -0.735. The quantitative estimate of drug-likeness (QED) is 0.821. The Hall–Kier alpha value is -1.10. The van der Waals surface area contributed by atoms with Gasteiger partial charge in [-0.2, -0.15) is 0 Å². The Bertz CT molecular complexity index is 304. The van der Waals surface area contributed by atoms with E-state index in [1.54, 1.807) is 4.90 Å². The summed E-state index contributed by atoms with van der Waals surface area (Å²) in [6.07, 6.45) is 4.92. The topological polar surface area (TPSA) is 66.8 Å². The van der Waals surface area contributed by atoms with Gasteiger partial charge in [-0.05, 0) is 32.1 Å². The second kappa shape index (κ2) is 6.18. The minimum Gasteiger partial charge on any atom is -0.481 e. The van der Waals surface area contributed by atoms with Gasteiger partial charge in [0.25, 0.3) is 0 Å². The van der Waals surface area contributed by atoms with Gasteiger partial charge in [0.2, 0.25) is 5.91 Å². The highest BCUT2D eigenvalue weighted by Crippen LogP contribution is 2.20. The van der Waals surface area contributed by atoms with Crippen molar-refractivity contribution in [2.24, 2.45) is 5.92 Å². The fourth-order valence-corrected chi connectivity index (χ4v) is 2.69. The van der Waals surface area contributed by atoms with E-state index in [0.29, 0.717) is 32.4 Å². The molecule has 2 aliphatic rings. The van der Waals surface area contributed by atoms with Gasteiger partial charge >= 0.3 is 5.97 Å². The maximum atomic E-state index is 12.0. The second-order valence-electron chi connectivity index (χ2n) is 5.17. The molecule has 1 unspecified atom stereocenters. The molecule has 18 heavy (non-hydrogen) atoms. The van der Waals surface area contributed by atoms with Gasteiger partial charge in [0, 0.05) is 26.1 Å². The third-order valence-electron chi connectivity index (χ3n) is 3.90. The summed E-state index contributed by atoms with van der Waals surface area (Å²) in [6, 6.07) is 0. The maximum absolute atomic E-state index is 12.0. The van der Waals surface area contributed by atoms with Gasteiger partial charge in [0.15, 0.2) is 0 Å². The number of ether oxygens (including phenoxy) is 1. The zero-order valence-electron chi connectivity index (χ0n) is 10.6. The Morgan fingerprint density at radius 2 is 1.94 bits per heavy atom. The Morgan fingerprint density at radius 1 is 1.22 bits per heavy atom. The van der Waals surface area contributed by atoms with Crippen molar-refractivity contribution < 1.29 is 19.4 Å². The lowest BCUT2D eigenvalue weighted by molar-refractivity contribution is -0.145. The van der Waals surface area contributed by atoms with Gasteiger partial charge in [0.1, 0.15) is 0 Å². The van der Waals surface area contributed by atoms with Crippen molar-refractivity contribution >= 4 is 11.9 Å². The van der Waals surface area contributed by atoms with Crippen LogP contribution in [0.3, 0.4) is 0 Å². The molecule has 5 nitrogen and oxygen atoms in total. The van der Waals surface area contributed by atoms with E-state index in [1.165, 1.54) is 0 Å². The van der Waals surface area contributed by atoms with Crippen LogP contribution in [-0.4, -0.2) is 47.7 Å². The molecule has 2 fully saturated rings. The minimum absolute atomic E-state index is 0.148. The van der Waals surface area contributed by atoms with Crippen LogP contribution in [0.25, 0.3) is 0 Å². The molecule has 102 valence electrons. The molecule has 0 aliphatic carbocycles. The molecule has 2 saturated heterocycles.